The van der Waals surface area contributed by atoms with Crippen molar-refractivity contribution in [2.75, 3.05) is 0 Å². The topological polar surface area (TPSA) is 178 Å². The van der Waals surface area contributed by atoms with Gasteiger partial charge in [0.2, 0.25) is 0 Å². The number of Topliss-reactive ketones (excluding diaryl/α,β-unsaturated/α-hetero) is 4. The number of rotatable bonds is 11. The van der Waals surface area contributed by atoms with E-state index in [0.717, 1.165) is 5.56 Å². The smallest absolute Gasteiger partial charge is 0.344 e. The third-order valence-corrected chi connectivity index (χ3v) is 11.7. The number of imidazole rings is 1. The van der Waals surface area contributed by atoms with Crippen molar-refractivity contribution in [2.45, 2.75) is 115 Å². The van der Waals surface area contributed by atoms with E-state index in [1.54, 1.807) is 114 Å². The standard InChI is InChI=1S/C45H46ClN7O8/c1-9-25-14-16-27(58-40-47-21-18-32-49-31(46)24-52(32)40)22-29(25)35-38(56)44(6,7)61-45(8,39(35)57)19-10-12-26-15-17-28(59-41-51-50-33-13-11-20-48-53(33)41)23-30(26)34-36(54)42(2,3)60-43(4,5)37(34)55/h11,13-18,20-24,34-35H,9-10,12,19H2,1-8H3. The number of aryl methyl sites for hydroxylation is 2. The van der Waals surface area contributed by atoms with Crippen LogP contribution < -0.4 is 9.47 Å². The van der Waals surface area contributed by atoms with Gasteiger partial charge in [-0.15, -0.1) is 5.10 Å². The Morgan fingerprint density at radius 2 is 1.31 bits per heavy atom. The third-order valence-electron chi connectivity index (χ3n) is 11.6. The number of benzene rings is 2. The molecule has 4 aromatic heterocycles. The number of aromatic nitrogens is 7. The molecule has 6 heterocycles. The fourth-order valence-electron chi connectivity index (χ4n) is 8.64. The molecule has 316 valence electrons. The van der Waals surface area contributed by atoms with Gasteiger partial charge in [-0.2, -0.15) is 9.61 Å². The Kier molecular flexibility index (Phi) is 10.4. The zero-order valence-electron chi connectivity index (χ0n) is 35.2. The van der Waals surface area contributed by atoms with E-state index in [1.165, 1.54) is 4.52 Å². The van der Waals surface area contributed by atoms with Gasteiger partial charge in [-0.3, -0.25) is 23.6 Å². The minimum Gasteiger partial charge on any atom is -0.425 e. The molecule has 2 aliphatic rings. The summed E-state index contributed by atoms with van der Waals surface area (Å²) in [5.41, 5.74) is -1.70. The molecule has 0 amide bonds. The summed E-state index contributed by atoms with van der Waals surface area (Å²) < 4.78 is 27.9. The number of halogens is 1. The number of hydrogen-bond donors (Lipinski definition) is 0. The van der Waals surface area contributed by atoms with E-state index in [9.17, 15) is 19.2 Å². The van der Waals surface area contributed by atoms with E-state index in [0.29, 0.717) is 58.7 Å². The minimum atomic E-state index is -1.39. The first-order valence-corrected chi connectivity index (χ1v) is 20.5. The lowest BCUT2D eigenvalue weighted by Crippen LogP contribution is -2.59. The normalized spacial score (nSPS) is 21.4. The molecule has 16 heteroatoms. The quantitative estimate of drug-likeness (QED) is 0.117. The lowest BCUT2D eigenvalue weighted by atomic mass is 9.71. The maximum Gasteiger partial charge on any atom is 0.344 e. The van der Waals surface area contributed by atoms with Gasteiger partial charge in [-0.05, 0) is 133 Å². The molecule has 0 N–H and O–H groups in total. The van der Waals surface area contributed by atoms with Crippen LogP contribution in [0.4, 0.5) is 0 Å². The lowest BCUT2D eigenvalue weighted by Gasteiger charge is -2.45. The van der Waals surface area contributed by atoms with Crippen LogP contribution in [0.1, 0.15) is 102 Å². The number of carbonyl (C=O) groups is 4. The first-order chi connectivity index (χ1) is 28.8. The van der Waals surface area contributed by atoms with E-state index >= 15 is 0 Å². The Bertz CT molecular complexity index is 2730. The van der Waals surface area contributed by atoms with E-state index in [-0.39, 0.29) is 46.7 Å². The Hall–Kier alpha value is -5.90. The number of nitrogens with zero attached hydrogens (tertiary/aromatic N) is 7. The zero-order valence-corrected chi connectivity index (χ0v) is 35.9. The van der Waals surface area contributed by atoms with Crippen molar-refractivity contribution in [1.29, 1.82) is 0 Å². The molecule has 61 heavy (non-hydrogen) atoms. The van der Waals surface area contributed by atoms with Crippen LogP contribution in [0.25, 0.3) is 11.3 Å². The average molecular weight is 848 g/mol. The molecule has 0 spiro atoms. The fourth-order valence-corrected chi connectivity index (χ4v) is 8.83. The van der Waals surface area contributed by atoms with Crippen LogP contribution >= 0.6 is 11.6 Å². The van der Waals surface area contributed by atoms with Crippen molar-refractivity contribution in [3.05, 3.63) is 101 Å². The van der Waals surface area contributed by atoms with Crippen LogP contribution in [-0.2, 0) is 41.5 Å². The molecule has 6 aromatic rings. The summed E-state index contributed by atoms with van der Waals surface area (Å²) in [5, 5.41) is 12.8. The van der Waals surface area contributed by atoms with E-state index in [2.05, 4.69) is 25.3 Å². The summed E-state index contributed by atoms with van der Waals surface area (Å²) in [6, 6.07) is 16.0. The number of carbonyl (C=O) groups excluding carboxylic acids is 4. The van der Waals surface area contributed by atoms with Crippen molar-refractivity contribution in [3.63, 3.8) is 0 Å². The molecular formula is C45H46ClN7O8. The van der Waals surface area contributed by atoms with Gasteiger partial charge < -0.3 is 18.9 Å². The predicted molar refractivity (Wildman–Crippen MR) is 222 cm³/mol. The highest BCUT2D eigenvalue weighted by Gasteiger charge is 2.56. The zero-order chi connectivity index (χ0) is 43.6. The SMILES string of the molecule is CCc1ccc(Oc2nccc3nc(Cl)cn23)cc1C1C(=O)C(C)(C)OC(C)(CCCc2ccc(Oc3nnc4cccnn34)cc2C2C(=O)C(C)(C)OC(C)(C)C2=O)C1=O. The van der Waals surface area contributed by atoms with E-state index < -0.39 is 34.2 Å². The first kappa shape index (κ1) is 41.8. The average Bonchev–Trinajstić information content (AvgIpc) is 3.80. The second-order valence-electron chi connectivity index (χ2n) is 17.2. The van der Waals surface area contributed by atoms with Gasteiger partial charge in [0.15, 0.2) is 28.8 Å². The van der Waals surface area contributed by atoms with Gasteiger partial charge in [0, 0.05) is 18.5 Å². The first-order valence-electron chi connectivity index (χ1n) is 20.2. The molecule has 2 fully saturated rings. The number of ketones is 4. The minimum absolute atomic E-state index is 0.104. The highest BCUT2D eigenvalue weighted by Crippen LogP contribution is 2.45. The predicted octanol–water partition coefficient (Wildman–Crippen LogP) is 7.59. The van der Waals surface area contributed by atoms with Gasteiger partial charge in [-0.1, -0.05) is 35.8 Å². The maximum absolute atomic E-state index is 14.8. The van der Waals surface area contributed by atoms with Gasteiger partial charge in [0.1, 0.15) is 56.5 Å². The van der Waals surface area contributed by atoms with Gasteiger partial charge in [0.05, 0.1) is 6.20 Å². The summed E-state index contributed by atoms with van der Waals surface area (Å²) in [7, 11) is 0. The molecule has 0 radical (unpaired) electrons. The van der Waals surface area contributed by atoms with Crippen LogP contribution in [0.15, 0.2) is 73.2 Å². The third kappa shape index (κ3) is 7.59. The Morgan fingerprint density at radius 1 is 0.705 bits per heavy atom. The van der Waals surface area contributed by atoms with Crippen molar-refractivity contribution in [2.24, 2.45) is 0 Å². The number of fused-ring (bicyclic) bond motifs is 2. The monoisotopic (exact) mass is 847 g/mol. The molecule has 2 aromatic carbocycles. The summed E-state index contributed by atoms with van der Waals surface area (Å²) >= 11 is 6.16. The second kappa shape index (κ2) is 15.2. The van der Waals surface area contributed by atoms with Crippen LogP contribution in [0.2, 0.25) is 5.15 Å². The summed E-state index contributed by atoms with van der Waals surface area (Å²) in [5.74, 6) is -3.11. The highest BCUT2D eigenvalue weighted by molar-refractivity contribution is 6.29. The summed E-state index contributed by atoms with van der Waals surface area (Å²) in [4.78, 5) is 65.8. The van der Waals surface area contributed by atoms with Crippen LogP contribution in [0, 0.1) is 0 Å². The lowest BCUT2D eigenvalue weighted by molar-refractivity contribution is -0.189. The van der Waals surface area contributed by atoms with Crippen LogP contribution in [-0.4, -0.2) is 79.7 Å². The van der Waals surface area contributed by atoms with Gasteiger partial charge in [-0.25, -0.2) is 9.97 Å². The molecule has 2 saturated heterocycles. The van der Waals surface area contributed by atoms with Crippen molar-refractivity contribution < 1.29 is 38.1 Å². The van der Waals surface area contributed by atoms with Crippen molar-refractivity contribution >= 4 is 46.0 Å². The molecule has 0 bridgehead atoms. The van der Waals surface area contributed by atoms with Crippen LogP contribution in [0.5, 0.6) is 23.5 Å². The second-order valence-corrected chi connectivity index (χ2v) is 17.6. The largest absolute Gasteiger partial charge is 0.425 e. The Morgan fingerprint density at radius 3 is 1.98 bits per heavy atom. The Balaban J connectivity index is 1.10. The van der Waals surface area contributed by atoms with Gasteiger partial charge >= 0.3 is 12.0 Å². The maximum atomic E-state index is 14.8. The summed E-state index contributed by atoms with van der Waals surface area (Å²) in [6.07, 6.45) is 6.26. The molecule has 0 aliphatic carbocycles. The molecule has 8 rings (SSSR count). The molecule has 0 saturated carbocycles. The van der Waals surface area contributed by atoms with Crippen LogP contribution in [0.3, 0.4) is 0 Å². The van der Waals surface area contributed by atoms with E-state index in [4.69, 9.17) is 30.5 Å². The fraction of sp³-hybridized carbons (Fsp3) is 0.400. The molecule has 2 atom stereocenters. The highest BCUT2D eigenvalue weighted by atomic mass is 35.5. The molecule has 2 aliphatic heterocycles. The van der Waals surface area contributed by atoms with Gasteiger partial charge in [0.25, 0.3) is 0 Å². The van der Waals surface area contributed by atoms with Crippen molar-refractivity contribution in [1.82, 2.24) is 34.2 Å². The molecule has 15 nitrogen and oxygen atoms in total. The summed E-state index contributed by atoms with van der Waals surface area (Å²) in [6.45, 7) is 13.7. The number of hydrogen-bond acceptors (Lipinski definition) is 13. The molecule has 2 unspecified atom stereocenters. The van der Waals surface area contributed by atoms with Crippen molar-refractivity contribution in [3.8, 4) is 23.5 Å². The van der Waals surface area contributed by atoms with E-state index in [1.807, 2.05) is 19.1 Å². The molecular weight excluding hydrogens is 802 g/mol. The Labute approximate surface area is 356 Å². The number of ether oxygens (including phenoxy) is 4.